The van der Waals surface area contributed by atoms with Gasteiger partial charge in [0.25, 0.3) is 0 Å². The van der Waals surface area contributed by atoms with Crippen molar-refractivity contribution in [2.24, 2.45) is 5.73 Å². The Morgan fingerprint density at radius 1 is 1.83 bits per heavy atom. The number of nitrogens with two attached hydrogens (primary N) is 1. The smallest absolute Gasteiger partial charge is 0.305 e. The zero-order valence-corrected chi connectivity index (χ0v) is 6.78. The van der Waals surface area contributed by atoms with E-state index in [-0.39, 0.29) is 6.42 Å². The molecule has 0 bridgehead atoms. The van der Waals surface area contributed by atoms with Gasteiger partial charge in [0, 0.05) is 0 Å². The summed E-state index contributed by atoms with van der Waals surface area (Å²) < 4.78 is 5.04. The second kappa shape index (κ2) is 3.40. The van der Waals surface area contributed by atoms with E-state index in [4.69, 9.17) is 15.3 Å². The number of carbonyl (C=O) groups is 1. The molecule has 1 atom stereocenters. The van der Waals surface area contributed by atoms with Gasteiger partial charge in [-0.25, -0.2) is 0 Å². The van der Waals surface area contributed by atoms with Crippen molar-refractivity contribution < 1.29 is 14.3 Å². The molecule has 0 amide bonds. The van der Waals surface area contributed by atoms with Crippen molar-refractivity contribution in [3.63, 3.8) is 0 Å². The van der Waals surface area contributed by atoms with Gasteiger partial charge in [-0.1, -0.05) is 0 Å². The summed E-state index contributed by atoms with van der Waals surface area (Å²) in [6.45, 7) is 1.83. The highest BCUT2D eigenvalue weighted by molar-refractivity contribution is 5.67. The first-order chi connectivity index (χ1) is 5.61. The van der Waals surface area contributed by atoms with Crippen molar-refractivity contribution in [2.75, 3.05) is 0 Å². The summed E-state index contributed by atoms with van der Waals surface area (Å²) in [4.78, 5) is 10.3. The Morgan fingerprint density at radius 3 is 2.92 bits per heavy atom. The molecular formula is C8H11NO3. The van der Waals surface area contributed by atoms with Gasteiger partial charge in [0.2, 0.25) is 0 Å². The number of rotatable bonds is 3. The Bertz CT molecular complexity index is 280. The Kier molecular flexibility index (Phi) is 2.50. The fraction of sp³-hybridized carbons (Fsp3) is 0.375. The first-order valence-electron chi connectivity index (χ1n) is 3.62. The zero-order chi connectivity index (χ0) is 9.14. The molecule has 0 saturated carbocycles. The van der Waals surface area contributed by atoms with Gasteiger partial charge >= 0.3 is 5.97 Å². The van der Waals surface area contributed by atoms with E-state index in [1.54, 1.807) is 6.07 Å². The number of carboxylic acids is 1. The average Bonchev–Trinajstić information content (AvgIpc) is 2.33. The number of carboxylic acid groups (broad SMARTS) is 1. The topological polar surface area (TPSA) is 76.5 Å². The normalized spacial score (nSPS) is 12.8. The van der Waals surface area contributed by atoms with Gasteiger partial charge in [0.05, 0.1) is 18.7 Å². The minimum Gasteiger partial charge on any atom is -0.481 e. The van der Waals surface area contributed by atoms with Gasteiger partial charge in [-0.05, 0) is 18.6 Å². The van der Waals surface area contributed by atoms with Crippen LogP contribution in [-0.2, 0) is 4.79 Å². The van der Waals surface area contributed by atoms with Crippen LogP contribution in [0, 0.1) is 6.92 Å². The lowest BCUT2D eigenvalue weighted by atomic mass is 10.1. The summed E-state index contributed by atoms with van der Waals surface area (Å²) >= 11 is 0. The van der Waals surface area contributed by atoms with Crippen molar-refractivity contribution in [1.29, 1.82) is 0 Å². The third-order valence-corrected chi connectivity index (χ3v) is 1.63. The van der Waals surface area contributed by atoms with Crippen LogP contribution < -0.4 is 5.73 Å². The van der Waals surface area contributed by atoms with Gasteiger partial charge in [-0.15, -0.1) is 0 Å². The van der Waals surface area contributed by atoms with E-state index in [0.717, 1.165) is 5.56 Å². The van der Waals surface area contributed by atoms with Gasteiger partial charge < -0.3 is 15.3 Å². The largest absolute Gasteiger partial charge is 0.481 e. The van der Waals surface area contributed by atoms with Crippen molar-refractivity contribution in [1.82, 2.24) is 0 Å². The summed E-state index contributed by atoms with van der Waals surface area (Å²) in [7, 11) is 0. The molecule has 3 N–H and O–H groups in total. The third-order valence-electron chi connectivity index (χ3n) is 1.63. The van der Waals surface area contributed by atoms with Crippen LogP contribution in [0.3, 0.4) is 0 Å². The van der Waals surface area contributed by atoms with Crippen LogP contribution in [0.15, 0.2) is 16.7 Å². The van der Waals surface area contributed by atoms with E-state index >= 15 is 0 Å². The van der Waals surface area contributed by atoms with Crippen molar-refractivity contribution >= 4 is 5.97 Å². The maximum absolute atomic E-state index is 10.3. The van der Waals surface area contributed by atoms with Crippen LogP contribution >= 0.6 is 0 Å². The molecule has 0 radical (unpaired) electrons. The van der Waals surface area contributed by atoms with E-state index in [2.05, 4.69) is 0 Å². The standard InChI is InChI=1S/C8H11NO3/c1-5-2-3-12-8(5)6(9)4-7(10)11/h2-3,6H,4,9H2,1H3,(H,10,11)/t6-/m1/s1. The first kappa shape index (κ1) is 8.80. The number of aryl methyl sites for hydroxylation is 1. The van der Waals surface area contributed by atoms with Crippen LogP contribution in [0.1, 0.15) is 23.8 Å². The molecule has 0 aromatic carbocycles. The summed E-state index contributed by atoms with van der Waals surface area (Å²) in [5, 5.41) is 8.45. The number of hydrogen-bond acceptors (Lipinski definition) is 3. The van der Waals surface area contributed by atoms with Crippen LogP contribution in [-0.4, -0.2) is 11.1 Å². The van der Waals surface area contributed by atoms with Crippen LogP contribution in [0.2, 0.25) is 0 Å². The predicted octanol–water partition coefficient (Wildman–Crippen LogP) is 1.06. The highest BCUT2D eigenvalue weighted by Gasteiger charge is 2.15. The van der Waals surface area contributed by atoms with Crippen LogP contribution in [0.4, 0.5) is 0 Å². The van der Waals surface area contributed by atoms with Crippen molar-refractivity contribution in [2.45, 2.75) is 19.4 Å². The molecular weight excluding hydrogens is 158 g/mol. The third kappa shape index (κ3) is 1.85. The summed E-state index contributed by atoms with van der Waals surface area (Å²) in [6, 6.07) is 1.22. The lowest BCUT2D eigenvalue weighted by Gasteiger charge is -2.05. The van der Waals surface area contributed by atoms with Gasteiger partial charge in [-0.3, -0.25) is 4.79 Å². The fourth-order valence-corrected chi connectivity index (χ4v) is 1.05. The molecule has 0 saturated heterocycles. The predicted molar refractivity (Wildman–Crippen MR) is 42.6 cm³/mol. The Morgan fingerprint density at radius 2 is 2.50 bits per heavy atom. The Hall–Kier alpha value is -1.29. The Balaban J connectivity index is 2.71. The molecule has 0 fully saturated rings. The molecule has 0 aliphatic heterocycles. The summed E-state index contributed by atoms with van der Waals surface area (Å²) in [6.07, 6.45) is 1.40. The molecule has 0 aliphatic rings. The molecule has 0 spiro atoms. The van der Waals surface area contributed by atoms with E-state index in [9.17, 15) is 4.79 Å². The first-order valence-corrected chi connectivity index (χ1v) is 3.62. The zero-order valence-electron chi connectivity index (χ0n) is 6.78. The summed E-state index contributed by atoms with van der Waals surface area (Å²) in [5.41, 5.74) is 6.46. The number of aliphatic carboxylic acids is 1. The number of furan rings is 1. The average molecular weight is 169 g/mol. The molecule has 1 heterocycles. The quantitative estimate of drug-likeness (QED) is 0.709. The van der Waals surface area contributed by atoms with E-state index in [1.807, 2.05) is 6.92 Å². The molecule has 0 unspecified atom stereocenters. The highest BCUT2D eigenvalue weighted by Crippen LogP contribution is 2.18. The summed E-state index contributed by atoms with van der Waals surface area (Å²) in [5.74, 6) is -0.365. The second-order valence-corrected chi connectivity index (χ2v) is 2.67. The molecule has 1 rings (SSSR count). The monoisotopic (exact) mass is 169 g/mol. The van der Waals surface area contributed by atoms with Gasteiger partial charge in [0.15, 0.2) is 0 Å². The van der Waals surface area contributed by atoms with Gasteiger partial charge in [0.1, 0.15) is 5.76 Å². The van der Waals surface area contributed by atoms with Crippen LogP contribution in [0.25, 0.3) is 0 Å². The van der Waals surface area contributed by atoms with Gasteiger partial charge in [-0.2, -0.15) is 0 Å². The lowest BCUT2D eigenvalue weighted by Crippen LogP contribution is -2.15. The molecule has 1 aromatic rings. The van der Waals surface area contributed by atoms with Crippen molar-refractivity contribution in [3.8, 4) is 0 Å². The Labute approximate surface area is 70.0 Å². The fourth-order valence-electron chi connectivity index (χ4n) is 1.05. The van der Waals surface area contributed by atoms with Crippen LogP contribution in [0.5, 0.6) is 0 Å². The SMILES string of the molecule is Cc1ccoc1[C@H](N)CC(=O)O. The molecule has 1 aromatic heterocycles. The highest BCUT2D eigenvalue weighted by atomic mass is 16.4. The van der Waals surface area contributed by atoms with E-state index in [0.29, 0.717) is 5.76 Å². The molecule has 0 aliphatic carbocycles. The second-order valence-electron chi connectivity index (χ2n) is 2.67. The minimum absolute atomic E-state index is 0.103. The minimum atomic E-state index is -0.918. The molecule has 66 valence electrons. The lowest BCUT2D eigenvalue weighted by molar-refractivity contribution is -0.137. The number of hydrogen-bond donors (Lipinski definition) is 2. The van der Waals surface area contributed by atoms with E-state index < -0.39 is 12.0 Å². The molecule has 12 heavy (non-hydrogen) atoms. The molecule has 4 heteroatoms. The molecule has 4 nitrogen and oxygen atoms in total. The maximum Gasteiger partial charge on any atom is 0.305 e. The maximum atomic E-state index is 10.3. The van der Waals surface area contributed by atoms with E-state index in [1.165, 1.54) is 6.26 Å². The van der Waals surface area contributed by atoms with Crippen molar-refractivity contribution in [3.05, 3.63) is 23.7 Å².